The Bertz CT molecular complexity index is 965. The highest BCUT2D eigenvalue weighted by atomic mass is 14.8. The van der Waals surface area contributed by atoms with E-state index in [1.165, 1.54) is 39.0 Å². The summed E-state index contributed by atoms with van der Waals surface area (Å²) in [4.78, 5) is 4.36. The first-order valence-electron chi connectivity index (χ1n) is 9.63. The molecule has 0 spiro atoms. The molecule has 2 aromatic carbocycles. The van der Waals surface area contributed by atoms with E-state index in [9.17, 15) is 0 Å². The molecule has 3 heteroatoms. The molecule has 0 amide bonds. The highest BCUT2D eigenvalue weighted by molar-refractivity contribution is 6.10. The molecule has 0 radical (unpaired) electrons. The lowest BCUT2D eigenvalue weighted by molar-refractivity contribution is 1.36. The minimum atomic E-state index is 1.03. The molecule has 1 aliphatic carbocycles. The third-order valence-electron chi connectivity index (χ3n) is 5.30. The predicted molar refractivity (Wildman–Crippen MR) is 124 cm³/mol. The molecule has 2 N–H and O–H groups in total. The van der Waals surface area contributed by atoms with Gasteiger partial charge in [0.25, 0.3) is 0 Å². The van der Waals surface area contributed by atoms with Gasteiger partial charge in [-0.15, -0.1) is 0 Å². The van der Waals surface area contributed by atoms with Crippen LogP contribution in [0.5, 0.6) is 0 Å². The number of aliphatic imine (C=N–C) groups is 1. The summed E-state index contributed by atoms with van der Waals surface area (Å²) in [7, 11) is 5.76. The molecule has 0 unspecified atom stereocenters. The van der Waals surface area contributed by atoms with Crippen LogP contribution >= 0.6 is 0 Å². The quantitative estimate of drug-likeness (QED) is 0.715. The molecule has 0 heterocycles. The smallest absolute Gasteiger partial charge is 0.0600 e. The zero-order chi connectivity index (χ0) is 20.3. The van der Waals surface area contributed by atoms with Crippen LogP contribution in [0.4, 0.5) is 11.4 Å². The molecular formula is C25H29N3. The van der Waals surface area contributed by atoms with E-state index in [0.717, 1.165) is 17.1 Å². The van der Waals surface area contributed by atoms with Crippen LogP contribution in [-0.4, -0.2) is 26.9 Å². The molecule has 0 saturated carbocycles. The normalized spacial score (nSPS) is 14.9. The van der Waals surface area contributed by atoms with Crippen molar-refractivity contribution in [1.82, 2.24) is 0 Å². The lowest BCUT2D eigenvalue weighted by Gasteiger charge is -2.18. The summed E-state index contributed by atoms with van der Waals surface area (Å²) >= 11 is 0. The molecule has 3 rings (SSSR count). The van der Waals surface area contributed by atoms with Crippen molar-refractivity contribution in [2.24, 2.45) is 4.99 Å². The van der Waals surface area contributed by atoms with Gasteiger partial charge in [-0.1, -0.05) is 18.2 Å². The number of nitrogens with one attached hydrogen (secondary N) is 2. The van der Waals surface area contributed by atoms with Gasteiger partial charge in [0, 0.05) is 32.5 Å². The van der Waals surface area contributed by atoms with E-state index in [1.54, 1.807) is 0 Å². The SMILES string of the molecule is CN=C1C=CC(=C(c2ccc(NC)c(C)c2)c2ccc(NC)c(C)c2)C=C1C. The van der Waals surface area contributed by atoms with Crippen LogP contribution in [0.3, 0.4) is 0 Å². The molecule has 28 heavy (non-hydrogen) atoms. The van der Waals surface area contributed by atoms with E-state index in [1.807, 2.05) is 21.1 Å². The Kier molecular flexibility index (Phi) is 5.84. The number of benzene rings is 2. The van der Waals surface area contributed by atoms with Crippen molar-refractivity contribution in [1.29, 1.82) is 0 Å². The van der Waals surface area contributed by atoms with Crippen molar-refractivity contribution < 1.29 is 0 Å². The molecular weight excluding hydrogens is 342 g/mol. The van der Waals surface area contributed by atoms with Crippen LogP contribution in [0.1, 0.15) is 29.2 Å². The standard InChI is InChI=1S/C25H29N3/c1-16-13-19(7-10-22(16)26-4)25(20-8-11-23(27-5)17(2)14-20)21-9-12-24(28-6)18(3)15-21/h7-15,26-27H,1-6H3. The molecule has 144 valence electrons. The van der Waals surface area contributed by atoms with Crippen molar-refractivity contribution in [3.8, 4) is 0 Å². The predicted octanol–water partition coefficient (Wildman–Crippen LogP) is 5.78. The third-order valence-corrected chi connectivity index (χ3v) is 5.30. The minimum absolute atomic E-state index is 1.03. The van der Waals surface area contributed by atoms with Gasteiger partial charge in [-0.3, -0.25) is 4.99 Å². The Balaban J connectivity index is 2.25. The van der Waals surface area contributed by atoms with Crippen LogP contribution in [0.15, 0.2) is 70.8 Å². The van der Waals surface area contributed by atoms with Crippen LogP contribution < -0.4 is 10.6 Å². The molecule has 0 aliphatic heterocycles. The Morgan fingerprint density at radius 1 is 0.786 bits per heavy atom. The summed E-state index contributed by atoms with van der Waals surface area (Å²) < 4.78 is 0. The van der Waals surface area contributed by atoms with Crippen LogP contribution in [-0.2, 0) is 0 Å². The Morgan fingerprint density at radius 3 is 1.71 bits per heavy atom. The first-order chi connectivity index (χ1) is 13.5. The van der Waals surface area contributed by atoms with E-state index < -0.39 is 0 Å². The highest BCUT2D eigenvalue weighted by Crippen LogP contribution is 2.34. The van der Waals surface area contributed by atoms with Gasteiger partial charge in [-0.25, -0.2) is 0 Å². The summed E-state index contributed by atoms with van der Waals surface area (Å²) in [5, 5.41) is 6.52. The van der Waals surface area contributed by atoms with E-state index >= 15 is 0 Å². The van der Waals surface area contributed by atoms with Gasteiger partial charge < -0.3 is 10.6 Å². The Hall–Kier alpha value is -3.07. The zero-order valence-corrected chi connectivity index (χ0v) is 17.6. The van der Waals surface area contributed by atoms with E-state index in [-0.39, 0.29) is 0 Å². The lowest BCUT2D eigenvalue weighted by atomic mass is 9.87. The molecule has 0 fully saturated rings. The number of aryl methyl sites for hydroxylation is 2. The summed E-state index contributed by atoms with van der Waals surface area (Å²) in [5.41, 5.74) is 11.9. The average Bonchev–Trinajstić information content (AvgIpc) is 2.69. The minimum Gasteiger partial charge on any atom is -0.388 e. The number of rotatable bonds is 4. The second kappa shape index (κ2) is 8.30. The fourth-order valence-corrected chi connectivity index (χ4v) is 3.76. The Morgan fingerprint density at radius 2 is 1.32 bits per heavy atom. The first-order valence-corrected chi connectivity index (χ1v) is 9.63. The first kappa shape index (κ1) is 19.7. The van der Waals surface area contributed by atoms with Gasteiger partial charge in [0.15, 0.2) is 0 Å². The maximum absolute atomic E-state index is 4.36. The van der Waals surface area contributed by atoms with Crippen LogP contribution in [0.2, 0.25) is 0 Å². The number of hydrogen-bond acceptors (Lipinski definition) is 3. The number of anilines is 2. The summed E-state index contributed by atoms with van der Waals surface area (Å²) in [6.07, 6.45) is 6.52. The van der Waals surface area contributed by atoms with E-state index in [4.69, 9.17) is 0 Å². The fraction of sp³-hybridized carbons (Fsp3) is 0.240. The molecule has 0 atom stereocenters. The van der Waals surface area contributed by atoms with Crippen molar-refractivity contribution in [2.45, 2.75) is 20.8 Å². The number of hydrogen-bond donors (Lipinski definition) is 2. The van der Waals surface area contributed by atoms with Gasteiger partial charge in [-0.05, 0) is 96.2 Å². The van der Waals surface area contributed by atoms with Gasteiger partial charge in [0.1, 0.15) is 0 Å². The summed E-state index contributed by atoms with van der Waals surface area (Å²) in [6.45, 7) is 6.41. The second-order valence-electron chi connectivity index (χ2n) is 7.16. The second-order valence-corrected chi connectivity index (χ2v) is 7.16. The molecule has 2 aromatic rings. The summed E-state index contributed by atoms with van der Waals surface area (Å²) in [5.74, 6) is 0. The van der Waals surface area contributed by atoms with Crippen LogP contribution in [0.25, 0.3) is 5.57 Å². The largest absolute Gasteiger partial charge is 0.388 e. The van der Waals surface area contributed by atoms with Gasteiger partial charge in [0.2, 0.25) is 0 Å². The van der Waals surface area contributed by atoms with E-state index in [0.29, 0.717) is 0 Å². The van der Waals surface area contributed by atoms with Gasteiger partial charge in [0.05, 0.1) is 5.71 Å². The molecule has 0 aromatic heterocycles. The molecule has 0 saturated heterocycles. The van der Waals surface area contributed by atoms with Crippen molar-refractivity contribution in [3.63, 3.8) is 0 Å². The Labute approximate surface area is 168 Å². The monoisotopic (exact) mass is 371 g/mol. The van der Waals surface area contributed by atoms with Gasteiger partial charge in [-0.2, -0.15) is 0 Å². The van der Waals surface area contributed by atoms with Gasteiger partial charge >= 0.3 is 0 Å². The fourth-order valence-electron chi connectivity index (χ4n) is 3.76. The topological polar surface area (TPSA) is 36.4 Å². The number of allylic oxidation sites excluding steroid dienone is 5. The van der Waals surface area contributed by atoms with Crippen LogP contribution in [0, 0.1) is 13.8 Å². The molecule has 1 aliphatic rings. The lowest BCUT2D eigenvalue weighted by Crippen LogP contribution is -2.04. The highest BCUT2D eigenvalue weighted by Gasteiger charge is 2.15. The maximum Gasteiger partial charge on any atom is 0.0600 e. The summed E-state index contributed by atoms with van der Waals surface area (Å²) in [6, 6.07) is 13.2. The maximum atomic E-state index is 4.36. The van der Waals surface area contributed by atoms with Crippen molar-refractivity contribution >= 4 is 22.7 Å². The van der Waals surface area contributed by atoms with Crippen molar-refractivity contribution in [3.05, 3.63) is 88.0 Å². The number of nitrogens with zero attached hydrogens (tertiary/aromatic N) is 1. The average molecular weight is 372 g/mol. The third kappa shape index (κ3) is 3.79. The van der Waals surface area contributed by atoms with Crippen molar-refractivity contribution in [2.75, 3.05) is 31.8 Å². The zero-order valence-electron chi connectivity index (χ0n) is 17.6. The molecule has 3 nitrogen and oxygen atoms in total. The van der Waals surface area contributed by atoms with E-state index in [2.05, 4.69) is 91.0 Å². The molecule has 0 bridgehead atoms.